The van der Waals surface area contributed by atoms with Gasteiger partial charge in [0.2, 0.25) is 0 Å². The lowest BCUT2D eigenvalue weighted by molar-refractivity contribution is 0.0889. The van der Waals surface area contributed by atoms with Gasteiger partial charge in [-0.3, -0.25) is 38.6 Å². The molecule has 12 heterocycles. The first-order chi connectivity index (χ1) is 38.3. The van der Waals surface area contributed by atoms with E-state index in [2.05, 4.69) is 43.7 Å². The molecule has 5 aromatic rings. The van der Waals surface area contributed by atoms with Crippen LogP contribution in [0.4, 0.5) is 0 Å². The zero-order valence-corrected chi connectivity index (χ0v) is 46.6. The number of unbranched alkanes of at least 4 members (excludes halogenated alkanes) is 2. The van der Waals surface area contributed by atoms with Gasteiger partial charge in [-0.2, -0.15) is 0 Å². The van der Waals surface area contributed by atoms with Gasteiger partial charge in [-0.1, -0.05) is 86.8 Å². The van der Waals surface area contributed by atoms with E-state index in [0.29, 0.717) is 110 Å². The summed E-state index contributed by atoms with van der Waals surface area (Å²) in [7, 11) is 0. The van der Waals surface area contributed by atoms with Crippen molar-refractivity contribution in [2.75, 3.05) is 72.0 Å². The summed E-state index contributed by atoms with van der Waals surface area (Å²) in [6.45, 7) is 12.8. The molecule has 420 valence electrons. The van der Waals surface area contributed by atoms with Crippen LogP contribution in [0.15, 0.2) is 97.1 Å². The van der Waals surface area contributed by atoms with Crippen molar-refractivity contribution in [1.29, 1.82) is 0 Å². The summed E-state index contributed by atoms with van der Waals surface area (Å²) < 4.78 is 13.2. The average molecular weight is 1080 g/mol. The highest BCUT2D eigenvalue weighted by atomic mass is 16.5. The van der Waals surface area contributed by atoms with E-state index in [-0.39, 0.29) is 85.6 Å². The lowest BCUT2D eigenvalue weighted by Crippen LogP contribution is -2.51. The van der Waals surface area contributed by atoms with E-state index in [1.807, 2.05) is 93.3 Å². The lowest BCUT2D eigenvalue weighted by Gasteiger charge is -2.32. The molecule has 8 N–H and O–H groups in total. The molecular formula is C62H79N9O8. The molecule has 6 amide bonds. The monoisotopic (exact) mass is 1080 g/mol. The van der Waals surface area contributed by atoms with Gasteiger partial charge in [-0.05, 0) is 123 Å². The van der Waals surface area contributed by atoms with Crippen molar-refractivity contribution in [3.63, 3.8) is 0 Å². The van der Waals surface area contributed by atoms with Gasteiger partial charge in [0.05, 0.1) is 11.1 Å². The van der Waals surface area contributed by atoms with Crippen molar-refractivity contribution >= 4 is 35.4 Å². The van der Waals surface area contributed by atoms with Gasteiger partial charge in [-0.25, -0.2) is 0 Å². The number of nitrogens with zero attached hydrogens (tertiary/aromatic N) is 2. The lowest BCUT2D eigenvalue weighted by atomic mass is 9.96. The predicted molar refractivity (Wildman–Crippen MR) is 307 cm³/mol. The van der Waals surface area contributed by atoms with Crippen LogP contribution in [0, 0.1) is 27.7 Å². The average Bonchev–Trinajstić information content (AvgIpc) is 3.49. The highest BCUT2D eigenvalue weighted by Gasteiger charge is 2.29. The topological polar surface area (TPSA) is 226 Å². The smallest absolute Gasteiger partial charge is 0.255 e. The van der Waals surface area contributed by atoms with Crippen molar-refractivity contribution in [2.24, 2.45) is 5.73 Å². The first-order valence-electron chi connectivity index (χ1n) is 27.9. The van der Waals surface area contributed by atoms with E-state index >= 15 is 4.79 Å². The summed E-state index contributed by atoms with van der Waals surface area (Å²) >= 11 is 0. The molecule has 79 heavy (non-hydrogen) atoms. The third-order valence-electron chi connectivity index (χ3n) is 15.0. The fourth-order valence-corrected chi connectivity index (χ4v) is 10.1. The van der Waals surface area contributed by atoms with Crippen molar-refractivity contribution in [3.8, 4) is 11.5 Å². The second kappa shape index (κ2) is 29.4. The Kier molecular flexibility index (Phi) is 22.0. The van der Waals surface area contributed by atoms with Crippen LogP contribution in [0.2, 0.25) is 0 Å². The number of amides is 6. The summed E-state index contributed by atoms with van der Waals surface area (Å²) in [5, 5.41) is 19.0. The SMILES string of the molecule is CCCCC[C@H]1CN2CCNC(=O)c3ccc(c(C)c3C)C(=O)NCCN(CCNC(=O)c3ccc(c(C)c3C)C(=O)N[C@@H](CCCN)C2)CCNC(=O)c2ccc(c(OCc3ccccc3)c2OCc2ccccc2)C(=O)N1. The summed E-state index contributed by atoms with van der Waals surface area (Å²) in [5.74, 6) is -1.86. The number of ether oxygens (including phenoxy) is 2. The van der Waals surface area contributed by atoms with Gasteiger partial charge in [-0.15, -0.1) is 0 Å². The summed E-state index contributed by atoms with van der Waals surface area (Å²) in [4.78, 5) is 90.2. The third-order valence-corrected chi connectivity index (χ3v) is 15.0. The van der Waals surface area contributed by atoms with Crippen molar-refractivity contribution in [2.45, 2.75) is 98.4 Å². The van der Waals surface area contributed by atoms with Crippen molar-refractivity contribution in [3.05, 3.63) is 164 Å². The normalized spacial score (nSPS) is 19.2. The van der Waals surface area contributed by atoms with Crippen LogP contribution in [0.5, 0.6) is 11.5 Å². The molecule has 17 heteroatoms. The summed E-state index contributed by atoms with van der Waals surface area (Å²) in [6, 6.07) is 28.1. The van der Waals surface area contributed by atoms with E-state index in [1.165, 1.54) is 0 Å². The van der Waals surface area contributed by atoms with Crippen LogP contribution >= 0.6 is 0 Å². The zero-order valence-electron chi connectivity index (χ0n) is 46.6. The molecule has 12 aliphatic rings. The molecule has 0 fully saturated rings. The maximum absolute atomic E-state index is 15.2. The highest BCUT2D eigenvalue weighted by Crippen LogP contribution is 2.37. The molecule has 12 aliphatic heterocycles. The largest absolute Gasteiger partial charge is 0.484 e. The number of nitrogens with one attached hydrogen (secondary N) is 6. The van der Waals surface area contributed by atoms with Gasteiger partial charge in [0, 0.05) is 99.8 Å². The molecular weight excluding hydrogens is 999 g/mol. The highest BCUT2D eigenvalue weighted by molar-refractivity contribution is 6.04. The Morgan fingerprint density at radius 1 is 0.443 bits per heavy atom. The predicted octanol–water partition coefficient (Wildman–Crippen LogP) is 6.55. The van der Waals surface area contributed by atoms with Gasteiger partial charge < -0.3 is 47.1 Å². The van der Waals surface area contributed by atoms with Crippen LogP contribution in [0.1, 0.15) is 141 Å². The molecule has 4 atom stereocenters. The first-order valence-corrected chi connectivity index (χ1v) is 27.9. The molecule has 0 aromatic heterocycles. The molecule has 0 spiro atoms. The second-order valence-corrected chi connectivity index (χ2v) is 20.6. The Bertz CT molecular complexity index is 2920. The Morgan fingerprint density at radius 3 is 1.19 bits per heavy atom. The van der Waals surface area contributed by atoms with E-state index in [0.717, 1.165) is 30.4 Å². The number of nitrogens with two attached hydrogens (primary N) is 1. The molecule has 17 rings (SSSR count). The Balaban J connectivity index is 1.36. The minimum Gasteiger partial charge on any atom is -0.484 e. The molecule has 0 aliphatic carbocycles. The number of hydrogen-bond donors (Lipinski definition) is 7. The maximum atomic E-state index is 15.2. The van der Waals surface area contributed by atoms with Crippen molar-refractivity contribution in [1.82, 2.24) is 41.7 Å². The summed E-state index contributed by atoms with van der Waals surface area (Å²) in [5.41, 5.74) is 12.6. The van der Waals surface area contributed by atoms with E-state index in [9.17, 15) is 24.0 Å². The van der Waals surface area contributed by atoms with Crippen LogP contribution in [-0.4, -0.2) is 129 Å². The van der Waals surface area contributed by atoms with Crippen LogP contribution in [0.3, 0.4) is 0 Å². The minimum atomic E-state index is -0.455. The second-order valence-electron chi connectivity index (χ2n) is 20.6. The molecule has 0 radical (unpaired) electrons. The van der Waals surface area contributed by atoms with Gasteiger partial charge in [0.25, 0.3) is 35.4 Å². The zero-order chi connectivity index (χ0) is 56.3. The third kappa shape index (κ3) is 16.2. The Hall–Kier alpha value is -7.60. The van der Waals surface area contributed by atoms with Crippen LogP contribution in [-0.2, 0) is 13.2 Å². The number of benzene rings is 5. The van der Waals surface area contributed by atoms with Crippen LogP contribution in [0.25, 0.3) is 0 Å². The van der Waals surface area contributed by atoms with E-state index < -0.39 is 23.9 Å². The fraction of sp³-hybridized carbons (Fsp3) is 0.419. The Morgan fingerprint density at radius 2 is 0.785 bits per heavy atom. The summed E-state index contributed by atoms with van der Waals surface area (Å²) in [6.07, 6.45) is 4.42. The fourth-order valence-electron chi connectivity index (χ4n) is 10.1. The van der Waals surface area contributed by atoms with Crippen molar-refractivity contribution < 1.29 is 38.2 Å². The van der Waals surface area contributed by atoms with Gasteiger partial charge in [0.15, 0.2) is 11.5 Å². The molecule has 17 nitrogen and oxygen atoms in total. The van der Waals surface area contributed by atoms with Gasteiger partial charge >= 0.3 is 0 Å². The standard InChI is InChI=1S/C62H79N9O8/c1-6-7-10-20-47-37-71-36-32-66-59(74)50-23-22-49(41(2)42(50)3)57(72)64-29-33-70(34-30-65-58(73)51-24-25-52(44(5)43(51)4)61(76)68-48(38-71)21-15-28-63)35-31-67-60(75)53-26-27-54(62(77)69-47)56(79-40-46-18-13-9-14-19-46)55(53)78-39-45-16-11-8-12-17-45/h8-9,11-14,16-19,22-27,47-48H,6-7,10,15,20-21,28-40,63H2,1-5H3,(H,64,72)(H,65,73)(H,66,74)(H,67,75)(H,68,76)(H,69,77)/t47-,48-/m0/s1. The quantitative estimate of drug-likeness (QED) is 0.0627. The molecule has 5 aromatic carbocycles. The minimum absolute atomic E-state index is 0.0669. The number of rotatable bonds is 13. The molecule has 0 saturated heterocycles. The van der Waals surface area contributed by atoms with Gasteiger partial charge in [0.1, 0.15) is 13.2 Å². The number of hydrogen-bond acceptors (Lipinski definition) is 11. The maximum Gasteiger partial charge on any atom is 0.255 e. The Labute approximate surface area is 465 Å². The van der Waals surface area contributed by atoms with Crippen LogP contribution < -0.4 is 47.1 Å². The molecule has 0 saturated carbocycles. The first kappa shape index (κ1) is 59.1. The van der Waals surface area contributed by atoms with E-state index in [4.69, 9.17) is 15.2 Å². The number of carbonyl (C=O) groups excluding carboxylic acids is 6. The van der Waals surface area contributed by atoms with E-state index in [1.54, 1.807) is 36.4 Å². The number of carbonyl (C=O) groups is 6. The molecule has 8 bridgehead atoms. The molecule has 2 unspecified atom stereocenters.